The van der Waals surface area contributed by atoms with Gasteiger partial charge in [-0.3, -0.25) is 4.79 Å². The van der Waals surface area contributed by atoms with Crippen molar-refractivity contribution in [2.45, 2.75) is 30.8 Å². The molecule has 0 aliphatic heterocycles. The first-order valence-corrected chi connectivity index (χ1v) is 8.67. The largest absolute Gasteiger partial charge is 0.458 e. The van der Waals surface area contributed by atoms with Crippen molar-refractivity contribution in [1.82, 2.24) is 5.32 Å². The summed E-state index contributed by atoms with van der Waals surface area (Å²) in [4.78, 5) is 12.7. The third-order valence-electron chi connectivity index (χ3n) is 5.13. The monoisotopic (exact) mass is 353 g/mol. The van der Waals surface area contributed by atoms with E-state index in [0.717, 1.165) is 23.8 Å². The Balaban J connectivity index is 1.49. The van der Waals surface area contributed by atoms with Gasteiger partial charge in [-0.2, -0.15) is 0 Å². The van der Waals surface area contributed by atoms with Crippen LogP contribution >= 0.6 is 0 Å². The predicted molar refractivity (Wildman–Crippen MR) is 96.1 cm³/mol. The molecular formula is C21H20FNO3. The molecule has 1 atom stereocenters. The third kappa shape index (κ3) is 2.88. The number of furan rings is 1. The average Bonchev–Trinajstić information content (AvgIpc) is 3.32. The van der Waals surface area contributed by atoms with Crippen LogP contribution in [0.25, 0.3) is 11.0 Å². The van der Waals surface area contributed by atoms with Gasteiger partial charge in [0.05, 0.1) is 12.0 Å². The van der Waals surface area contributed by atoms with Gasteiger partial charge in [0.1, 0.15) is 22.8 Å². The van der Waals surface area contributed by atoms with Crippen molar-refractivity contribution in [2.75, 3.05) is 6.54 Å². The fourth-order valence-electron chi connectivity index (χ4n) is 3.30. The number of para-hydroxylation sites is 1. The highest BCUT2D eigenvalue weighted by Crippen LogP contribution is 2.48. The van der Waals surface area contributed by atoms with Gasteiger partial charge in [0, 0.05) is 5.39 Å². The molecule has 2 N–H and O–H groups in total. The van der Waals surface area contributed by atoms with Crippen LogP contribution in [0, 0.1) is 5.82 Å². The van der Waals surface area contributed by atoms with Crippen molar-refractivity contribution in [1.29, 1.82) is 0 Å². The minimum absolute atomic E-state index is 0.0363. The molecule has 1 heterocycles. The van der Waals surface area contributed by atoms with E-state index in [-0.39, 0.29) is 18.3 Å². The summed E-state index contributed by atoms with van der Waals surface area (Å²) in [5.74, 6) is -0.0658. The van der Waals surface area contributed by atoms with Crippen LogP contribution in [0.3, 0.4) is 0 Å². The Kier molecular flexibility index (Phi) is 3.84. The van der Waals surface area contributed by atoms with Gasteiger partial charge in [-0.15, -0.1) is 0 Å². The maximum atomic E-state index is 13.1. The standard InChI is InChI=1S/C21H20FNO3/c1-20(25,18-12-14-4-2-3-5-17(14)26-18)13-23-19(24)21(10-11-21)15-6-8-16(22)9-7-15/h2-9,12,25H,10-11,13H2,1H3,(H,23,24). The number of fused-ring (bicyclic) bond motifs is 1. The zero-order valence-corrected chi connectivity index (χ0v) is 14.5. The SMILES string of the molecule is CC(O)(CNC(=O)C1(c2ccc(F)cc2)CC1)c1cc2ccccc2o1. The number of rotatable bonds is 5. The quantitative estimate of drug-likeness (QED) is 0.736. The fourth-order valence-corrected chi connectivity index (χ4v) is 3.30. The Bertz CT molecular complexity index is 922. The van der Waals surface area contributed by atoms with E-state index in [1.807, 2.05) is 24.3 Å². The van der Waals surface area contributed by atoms with E-state index in [2.05, 4.69) is 5.32 Å². The van der Waals surface area contributed by atoms with E-state index in [0.29, 0.717) is 11.3 Å². The molecular weight excluding hydrogens is 333 g/mol. The molecule has 1 fully saturated rings. The highest BCUT2D eigenvalue weighted by atomic mass is 19.1. The number of hydrogen-bond acceptors (Lipinski definition) is 3. The van der Waals surface area contributed by atoms with Crippen molar-refractivity contribution >= 4 is 16.9 Å². The average molecular weight is 353 g/mol. The fraction of sp³-hybridized carbons (Fsp3) is 0.286. The van der Waals surface area contributed by atoms with E-state index < -0.39 is 11.0 Å². The van der Waals surface area contributed by atoms with Crippen LogP contribution in [0.15, 0.2) is 59.0 Å². The van der Waals surface area contributed by atoms with Crippen LogP contribution in [0.5, 0.6) is 0 Å². The van der Waals surface area contributed by atoms with Crippen molar-refractivity contribution < 1.29 is 18.7 Å². The van der Waals surface area contributed by atoms with Crippen molar-refractivity contribution in [3.8, 4) is 0 Å². The van der Waals surface area contributed by atoms with E-state index in [9.17, 15) is 14.3 Å². The van der Waals surface area contributed by atoms with Crippen LogP contribution in [0.4, 0.5) is 4.39 Å². The Hall–Kier alpha value is -2.66. The van der Waals surface area contributed by atoms with E-state index >= 15 is 0 Å². The molecule has 1 unspecified atom stereocenters. The Morgan fingerprint density at radius 3 is 2.58 bits per heavy atom. The molecule has 1 aliphatic rings. The Morgan fingerprint density at radius 2 is 1.92 bits per heavy atom. The lowest BCUT2D eigenvalue weighted by Gasteiger charge is -2.23. The van der Waals surface area contributed by atoms with Gasteiger partial charge in [0.2, 0.25) is 5.91 Å². The van der Waals surface area contributed by atoms with Crippen molar-refractivity contribution in [3.05, 3.63) is 71.7 Å². The Labute approximate surface area is 150 Å². The first-order chi connectivity index (χ1) is 12.4. The molecule has 1 amide bonds. The lowest BCUT2D eigenvalue weighted by atomic mass is 9.94. The normalized spacial score (nSPS) is 17.7. The minimum atomic E-state index is -1.33. The van der Waals surface area contributed by atoms with Gasteiger partial charge in [-0.25, -0.2) is 4.39 Å². The summed E-state index contributed by atoms with van der Waals surface area (Å²) >= 11 is 0. The summed E-state index contributed by atoms with van der Waals surface area (Å²) in [5.41, 5.74) is -0.440. The number of carbonyl (C=O) groups is 1. The van der Waals surface area contributed by atoms with Gasteiger partial charge in [-0.05, 0) is 49.6 Å². The second kappa shape index (κ2) is 5.95. The lowest BCUT2D eigenvalue weighted by Crippen LogP contribution is -2.43. The molecule has 1 saturated carbocycles. The molecule has 4 nitrogen and oxygen atoms in total. The van der Waals surface area contributed by atoms with E-state index in [1.54, 1.807) is 25.1 Å². The van der Waals surface area contributed by atoms with Crippen molar-refractivity contribution in [2.24, 2.45) is 0 Å². The van der Waals surface area contributed by atoms with Crippen LogP contribution in [0.2, 0.25) is 0 Å². The second-order valence-corrected chi connectivity index (χ2v) is 7.19. The van der Waals surface area contributed by atoms with E-state index in [4.69, 9.17) is 4.42 Å². The highest BCUT2D eigenvalue weighted by Gasteiger charge is 2.51. The first kappa shape index (κ1) is 16.8. The van der Waals surface area contributed by atoms with Gasteiger partial charge in [-0.1, -0.05) is 30.3 Å². The van der Waals surface area contributed by atoms with Gasteiger partial charge >= 0.3 is 0 Å². The highest BCUT2D eigenvalue weighted by molar-refractivity contribution is 5.91. The Morgan fingerprint density at radius 1 is 1.23 bits per heavy atom. The summed E-state index contributed by atoms with van der Waals surface area (Å²) in [6.45, 7) is 1.65. The van der Waals surface area contributed by atoms with Crippen LogP contribution in [0.1, 0.15) is 31.1 Å². The van der Waals surface area contributed by atoms with Crippen LogP contribution < -0.4 is 5.32 Å². The molecule has 134 valence electrons. The molecule has 3 aromatic rings. The zero-order chi connectivity index (χ0) is 18.4. The van der Waals surface area contributed by atoms with Gasteiger partial charge in [0.15, 0.2) is 0 Å². The number of amides is 1. The number of aliphatic hydroxyl groups is 1. The summed E-state index contributed by atoms with van der Waals surface area (Å²) in [6.07, 6.45) is 1.44. The van der Waals surface area contributed by atoms with Gasteiger partial charge < -0.3 is 14.8 Å². The lowest BCUT2D eigenvalue weighted by molar-refractivity contribution is -0.125. The molecule has 5 heteroatoms. The van der Waals surface area contributed by atoms with Crippen LogP contribution in [-0.4, -0.2) is 17.6 Å². The molecule has 0 saturated heterocycles. The van der Waals surface area contributed by atoms with E-state index in [1.165, 1.54) is 12.1 Å². The van der Waals surface area contributed by atoms with Gasteiger partial charge in [0.25, 0.3) is 0 Å². The summed E-state index contributed by atoms with van der Waals surface area (Å²) in [7, 11) is 0. The number of carbonyl (C=O) groups excluding carboxylic acids is 1. The topological polar surface area (TPSA) is 62.5 Å². The molecule has 1 aliphatic carbocycles. The smallest absolute Gasteiger partial charge is 0.230 e. The maximum absolute atomic E-state index is 13.1. The number of hydrogen-bond donors (Lipinski definition) is 2. The summed E-state index contributed by atoms with van der Waals surface area (Å²) < 4.78 is 18.9. The van der Waals surface area contributed by atoms with Crippen LogP contribution in [-0.2, 0) is 15.8 Å². The molecule has 26 heavy (non-hydrogen) atoms. The van der Waals surface area contributed by atoms with Crippen molar-refractivity contribution in [3.63, 3.8) is 0 Å². The molecule has 0 bridgehead atoms. The molecule has 0 radical (unpaired) electrons. The second-order valence-electron chi connectivity index (χ2n) is 7.19. The minimum Gasteiger partial charge on any atom is -0.458 e. The molecule has 2 aromatic carbocycles. The maximum Gasteiger partial charge on any atom is 0.230 e. The molecule has 0 spiro atoms. The predicted octanol–water partition coefficient (Wildman–Crippen LogP) is 3.63. The number of halogens is 1. The summed E-state index contributed by atoms with van der Waals surface area (Å²) in [6, 6.07) is 15.3. The first-order valence-electron chi connectivity index (χ1n) is 8.67. The molecule has 4 rings (SSSR count). The summed E-state index contributed by atoms with van der Waals surface area (Å²) in [5, 5.41) is 14.5. The number of benzene rings is 2. The number of nitrogens with one attached hydrogen (secondary N) is 1. The third-order valence-corrected chi connectivity index (χ3v) is 5.13. The molecule has 1 aromatic heterocycles. The zero-order valence-electron chi connectivity index (χ0n) is 14.5.